The predicted octanol–water partition coefficient (Wildman–Crippen LogP) is 4.65. The number of methoxy groups -OCH3 is 1. The number of benzene rings is 3. The molecule has 0 spiro atoms. The molecule has 0 saturated heterocycles. The molecule has 3 aromatic rings. The van der Waals surface area contributed by atoms with Crippen LogP contribution in [-0.4, -0.2) is 38.5 Å². The zero-order valence-corrected chi connectivity index (χ0v) is 20.9. The molecule has 0 atom stereocenters. The molecule has 0 fully saturated rings. The van der Waals surface area contributed by atoms with Crippen LogP contribution in [0.4, 0.5) is 0 Å². The molecule has 0 unspecified atom stereocenters. The van der Waals surface area contributed by atoms with Gasteiger partial charge >= 0.3 is 0 Å². The van der Waals surface area contributed by atoms with Crippen LogP contribution in [0, 0.1) is 6.92 Å². The smallest absolute Gasteiger partial charge is 0.255 e. The van der Waals surface area contributed by atoms with Crippen LogP contribution in [0.15, 0.2) is 76.7 Å². The van der Waals surface area contributed by atoms with Crippen molar-refractivity contribution in [2.45, 2.75) is 18.4 Å². The van der Waals surface area contributed by atoms with Gasteiger partial charge in [0.05, 0.1) is 24.8 Å². The number of nitrogens with zero attached hydrogens (tertiary/aromatic N) is 2. The van der Waals surface area contributed by atoms with Crippen molar-refractivity contribution in [1.82, 2.24) is 9.73 Å². The molecular weight excluding hydrogens is 497 g/mol. The Bertz CT molecular complexity index is 1260. The van der Waals surface area contributed by atoms with E-state index in [0.29, 0.717) is 21.4 Å². The fraction of sp³-hybridized carbons (Fsp3) is 0.167. The number of hydrogen-bond donors (Lipinski definition) is 1. The van der Waals surface area contributed by atoms with Gasteiger partial charge in [-0.2, -0.15) is 9.41 Å². The third-order valence-electron chi connectivity index (χ3n) is 4.89. The summed E-state index contributed by atoms with van der Waals surface area (Å²) in [5, 5.41) is 4.52. The number of hydrazone groups is 1. The molecule has 0 aliphatic heterocycles. The molecular formula is C24H23Cl2N3O4S. The monoisotopic (exact) mass is 519 g/mol. The maximum atomic E-state index is 13.4. The number of amides is 1. The lowest BCUT2D eigenvalue weighted by Gasteiger charge is -2.22. The van der Waals surface area contributed by atoms with Gasteiger partial charge in [-0.25, -0.2) is 13.8 Å². The molecule has 3 rings (SSSR count). The highest BCUT2D eigenvalue weighted by Crippen LogP contribution is 2.28. The summed E-state index contributed by atoms with van der Waals surface area (Å²) < 4.78 is 32.9. The van der Waals surface area contributed by atoms with Crippen molar-refractivity contribution in [1.29, 1.82) is 0 Å². The summed E-state index contributed by atoms with van der Waals surface area (Å²) in [6.07, 6.45) is 1.45. The summed E-state index contributed by atoms with van der Waals surface area (Å²) in [5.41, 5.74) is 4.40. The Balaban J connectivity index is 1.81. The third-order valence-corrected chi connectivity index (χ3v) is 7.41. The van der Waals surface area contributed by atoms with E-state index in [1.807, 2.05) is 6.92 Å². The van der Waals surface area contributed by atoms with Crippen LogP contribution in [0.2, 0.25) is 10.0 Å². The van der Waals surface area contributed by atoms with Crippen molar-refractivity contribution in [3.63, 3.8) is 0 Å². The molecule has 1 amide bonds. The average molecular weight is 520 g/mol. The summed E-state index contributed by atoms with van der Waals surface area (Å²) in [6.45, 7) is 1.17. The van der Waals surface area contributed by atoms with Crippen LogP contribution >= 0.6 is 23.2 Å². The van der Waals surface area contributed by atoms with Crippen molar-refractivity contribution in [2.75, 3.05) is 13.7 Å². The van der Waals surface area contributed by atoms with Gasteiger partial charge in [0.15, 0.2) is 0 Å². The van der Waals surface area contributed by atoms with E-state index < -0.39 is 22.5 Å². The molecule has 10 heteroatoms. The minimum absolute atomic E-state index is 0.0517. The van der Waals surface area contributed by atoms with Gasteiger partial charge in [-0.05, 0) is 61.0 Å². The normalized spacial score (nSPS) is 11.7. The van der Waals surface area contributed by atoms with Gasteiger partial charge in [0.2, 0.25) is 10.0 Å². The largest absolute Gasteiger partial charge is 0.497 e. The average Bonchev–Trinajstić information content (AvgIpc) is 2.81. The number of aryl methyl sites for hydroxylation is 1. The van der Waals surface area contributed by atoms with Gasteiger partial charge in [-0.15, -0.1) is 0 Å². The molecule has 7 nitrogen and oxygen atoms in total. The summed E-state index contributed by atoms with van der Waals surface area (Å²) in [5.74, 6) is 0.0694. The van der Waals surface area contributed by atoms with E-state index in [0.717, 1.165) is 15.4 Å². The molecule has 178 valence electrons. The maximum Gasteiger partial charge on any atom is 0.255 e. The predicted molar refractivity (Wildman–Crippen MR) is 134 cm³/mol. The van der Waals surface area contributed by atoms with Crippen LogP contribution in [0.25, 0.3) is 0 Å². The van der Waals surface area contributed by atoms with Gasteiger partial charge in [0, 0.05) is 22.2 Å². The second-order valence-electron chi connectivity index (χ2n) is 7.35. The van der Waals surface area contributed by atoms with Gasteiger partial charge in [0.1, 0.15) is 5.75 Å². The number of ether oxygens (including phenoxy) is 1. The van der Waals surface area contributed by atoms with Crippen molar-refractivity contribution in [2.24, 2.45) is 5.10 Å². The summed E-state index contributed by atoms with van der Waals surface area (Å²) >= 11 is 12.5. The Hall–Kier alpha value is -2.91. The lowest BCUT2D eigenvalue weighted by Crippen LogP contribution is -2.39. The quantitative estimate of drug-likeness (QED) is 0.329. The topological polar surface area (TPSA) is 88.1 Å². The fourth-order valence-electron chi connectivity index (χ4n) is 3.01. The standard InChI is InChI=1S/C24H23Cl2N3O4S/c1-17-6-12-20(13-7-17)34(31,32)29(15-21-22(25)4-3-5-23(21)26)16-24(30)28-27-14-18-8-10-19(33-2)11-9-18/h3-14H,15-16H2,1-2H3,(H,28,30)/b27-14-. The lowest BCUT2D eigenvalue weighted by atomic mass is 10.2. The first-order valence-corrected chi connectivity index (χ1v) is 12.4. The van der Waals surface area contributed by atoms with Crippen LogP contribution < -0.4 is 10.2 Å². The number of sulfonamides is 1. The van der Waals surface area contributed by atoms with Crippen LogP contribution in [0.3, 0.4) is 0 Å². The number of rotatable bonds is 9. The first kappa shape index (κ1) is 25.7. The van der Waals surface area contributed by atoms with Gasteiger partial charge < -0.3 is 4.74 Å². The summed E-state index contributed by atoms with van der Waals surface area (Å²) in [6, 6.07) is 18.3. The molecule has 0 bridgehead atoms. The van der Waals surface area contributed by atoms with Gasteiger partial charge in [0.25, 0.3) is 5.91 Å². The highest BCUT2D eigenvalue weighted by atomic mass is 35.5. The summed E-state index contributed by atoms with van der Waals surface area (Å²) in [7, 11) is -2.48. The van der Waals surface area contributed by atoms with Crippen LogP contribution in [0.1, 0.15) is 16.7 Å². The lowest BCUT2D eigenvalue weighted by molar-refractivity contribution is -0.121. The second kappa shape index (κ2) is 11.5. The first-order chi connectivity index (χ1) is 16.2. The molecule has 0 saturated carbocycles. The Kier molecular flexibility index (Phi) is 8.68. The Labute approximate surface area is 209 Å². The molecule has 0 aromatic heterocycles. The van der Waals surface area contributed by atoms with E-state index in [2.05, 4.69) is 10.5 Å². The SMILES string of the molecule is COc1ccc(/C=N\NC(=O)CN(Cc2c(Cl)cccc2Cl)S(=O)(=O)c2ccc(C)cc2)cc1. The number of carbonyl (C=O) groups is 1. The third kappa shape index (κ3) is 6.57. The van der Waals surface area contributed by atoms with Crippen molar-refractivity contribution in [3.8, 4) is 5.75 Å². The van der Waals surface area contributed by atoms with Gasteiger partial charge in [-0.1, -0.05) is 47.0 Å². The van der Waals surface area contributed by atoms with E-state index in [-0.39, 0.29) is 11.4 Å². The van der Waals surface area contributed by atoms with Crippen molar-refractivity contribution >= 4 is 45.3 Å². The Morgan fingerprint density at radius 2 is 1.65 bits per heavy atom. The van der Waals surface area contributed by atoms with E-state index >= 15 is 0 Å². The minimum atomic E-state index is -4.04. The maximum absolute atomic E-state index is 13.4. The molecule has 0 aliphatic carbocycles. The zero-order chi connectivity index (χ0) is 24.7. The number of halogens is 2. The van der Waals surface area contributed by atoms with Gasteiger partial charge in [-0.3, -0.25) is 4.79 Å². The van der Waals surface area contributed by atoms with E-state index in [9.17, 15) is 13.2 Å². The first-order valence-electron chi connectivity index (χ1n) is 10.2. The molecule has 0 radical (unpaired) electrons. The molecule has 0 heterocycles. The number of hydrogen-bond acceptors (Lipinski definition) is 5. The zero-order valence-electron chi connectivity index (χ0n) is 18.5. The molecule has 1 N–H and O–H groups in total. The Morgan fingerprint density at radius 1 is 1.03 bits per heavy atom. The van der Waals surface area contributed by atoms with Crippen LogP contribution in [0.5, 0.6) is 5.75 Å². The number of nitrogens with one attached hydrogen (secondary N) is 1. The summed E-state index contributed by atoms with van der Waals surface area (Å²) in [4.78, 5) is 12.7. The van der Waals surface area contributed by atoms with E-state index in [4.69, 9.17) is 27.9 Å². The second-order valence-corrected chi connectivity index (χ2v) is 10.1. The van der Waals surface area contributed by atoms with Crippen molar-refractivity contribution < 1.29 is 17.9 Å². The molecule has 34 heavy (non-hydrogen) atoms. The van der Waals surface area contributed by atoms with E-state index in [1.54, 1.807) is 61.7 Å². The highest BCUT2D eigenvalue weighted by Gasteiger charge is 2.28. The Morgan fingerprint density at radius 3 is 2.24 bits per heavy atom. The van der Waals surface area contributed by atoms with Crippen molar-refractivity contribution in [3.05, 3.63) is 93.5 Å². The molecule has 3 aromatic carbocycles. The fourth-order valence-corrected chi connectivity index (χ4v) is 4.89. The molecule has 0 aliphatic rings. The minimum Gasteiger partial charge on any atom is -0.497 e. The van der Waals surface area contributed by atoms with E-state index in [1.165, 1.54) is 18.3 Å². The number of carbonyl (C=O) groups excluding carboxylic acids is 1. The highest BCUT2D eigenvalue weighted by molar-refractivity contribution is 7.89. The van der Waals surface area contributed by atoms with Crippen LogP contribution in [-0.2, 0) is 21.4 Å².